The summed E-state index contributed by atoms with van der Waals surface area (Å²) in [7, 11) is 1.66. The first-order valence-corrected chi connectivity index (χ1v) is 6.82. The second-order valence-corrected chi connectivity index (χ2v) is 4.33. The second-order valence-electron chi connectivity index (χ2n) is 4.33. The molecule has 0 spiro atoms. The molecule has 1 aromatic carbocycles. The normalized spacial score (nSPS) is 10.5. The molecule has 0 aliphatic carbocycles. The van der Waals surface area contributed by atoms with Crippen LogP contribution in [0.3, 0.4) is 0 Å². The van der Waals surface area contributed by atoms with Gasteiger partial charge in [-0.2, -0.15) is 0 Å². The summed E-state index contributed by atoms with van der Waals surface area (Å²) in [6.45, 7) is 7.53. The molecule has 0 amide bonds. The van der Waals surface area contributed by atoms with E-state index < -0.39 is 0 Å². The monoisotopic (exact) mass is 267 g/mol. The average Bonchev–Trinajstić information content (AvgIpc) is 2.42. The van der Waals surface area contributed by atoms with Crippen LogP contribution in [0, 0.1) is 6.92 Å². The molecule has 0 fully saturated rings. The summed E-state index contributed by atoms with van der Waals surface area (Å²) in [5.41, 5.74) is 2.28. The molecule has 4 heteroatoms. The number of hydrogen-bond donors (Lipinski definition) is 1. The van der Waals surface area contributed by atoms with Crippen molar-refractivity contribution in [3.8, 4) is 5.75 Å². The van der Waals surface area contributed by atoms with Gasteiger partial charge in [-0.25, -0.2) is 0 Å². The average molecular weight is 267 g/mol. The molecule has 19 heavy (non-hydrogen) atoms. The van der Waals surface area contributed by atoms with Gasteiger partial charge < -0.3 is 19.5 Å². The van der Waals surface area contributed by atoms with Gasteiger partial charge in [0.1, 0.15) is 12.4 Å². The fraction of sp³-hybridized carbons (Fsp3) is 0.600. The van der Waals surface area contributed by atoms with E-state index in [2.05, 4.69) is 25.2 Å². The van der Waals surface area contributed by atoms with Gasteiger partial charge in [0, 0.05) is 13.7 Å². The third kappa shape index (κ3) is 5.94. The largest absolute Gasteiger partial charge is 0.489 e. The lowest BCUT2D eigenvalue weighted by atomic mass is 10.2. The van der Waals surface area contributed by atoms with Gasteiger partial charge >= 0.3 is 0 Å². The molecule has 0 aliphatic rings. The van der Waals surface area contributed by atoms with Crippen LogP contribution in [-0.4, -0.2) is 40.1 Å². The predicted molar refractivity (Wildman–Crippen MR) is 78.1 cm³/mol. The molecule has 0 aliphatic heterocycles. The molecule has 0 atom stereocenters. The Morgan fingerprint density at radius 2 is 1.89 bits per heavy atom. The van der Waals surface area contributed by atoms with Crippen molar-refractivity contribution in [2.24, 2.45) is 0 Å². The summed E-state index contributed by atoms with van der Waals surface area (Å²) >= 11 is 0. The van der Waals surface area contributed by atoms with E-state index in [9.17, 15) is 0 Å². The van der Waals surface area contributed by atoms with Crippen molar-refractivity contribution in [1.82, 2.24) is 0 Å². The standard InChI is InChI=1S/C15H25NO3/c1-4-8-16-15-13(2)6-5-7-14(15)19-12-11-18-10-9-17-3/h5-7,16H,4,8-12H2,1-3H3. The first-order valence-electron chi connectivity index (χ1n) is 6.82. The Kier molecular flexibility index (Phi) is 8.02. The summed E-state index contributed by atoms with van der Waals surface area (Å²) in [6.07, 6.45) is 1.09. The van der Waals surface area contributed by atoms with Gasteiger partial charge in [-0.15, -0.1) is 0 Å². The molecular formula is C15H25NO3. The Hall–Kier alpha value is -1.26. The zero-order valence-electron chi connectivity index (χ0n) is 12.2. The number of aryl methyl sites for hydroxylation is 1. The predicted octanol–water partition coefficient (Wildman–Crippen LogP) is 2.86. The molecule has 4 nitrogen and oxygen atoms in total. The molecule has 0 unspecified atom stereocenters. The van der Waals surface area contributed by atoms with Gasteiger partial charge in [0.15, 0.2) is 0 Å². The number of hydrogen-bond acceptors (Lipinski definition) is 4. The molecule has 108 valence electrons. The van der Waals surface area contributed by atoms with Gasteiger partial charge in [-0.1, -0.05) is 19.1 Å². The van der Waals surface area contributed by atoms with Gasteiger partial charge in [0.05, 0.1) is 25.5 Å². The van der Waals surface area contributed by atoms with E-state index in [-0.39, 0.29) is 0 Å². The first-order chi connectivity index (χ1) is 9.29. The maximum absolute atomic E-state index is 5.77. The zero-order chi connectivity index (χ0) is 13.9. The summed E-state index contributed by atoms with van der Waals surface area (Å²) in [6, 6.07) is 6.08. The lowest BCUT2D eigenvalue weighted by molar-refractivity contribution is 0.0545. The van der Waals surface area contributed by atoms with Crippen LogP contribution in [0.15, 0.2) is 18.2 Å². The van der Waals surface area contributed by atoms with Crippen molar-refractivity contribution in [2.75, 3.05) is 45.4 Å². The molecule has 0 aromatic heterocycles. The number of para-hydroxylation sites is 1. The Bertz CT molecular complexity index is 355. The van der Waals surface area contributed by atoms with Gasteiger partial charge in [0.2, 0.25) is 0 Å². The lowest BCUT2D eigenvalue weighted by Gasteiger charge is -2.15. The van der Waals surface area contributed by atoms with Gasteiger partial charge in [-0.05, 0) is 25.0 Å². The molecule has 0 saturated carbocycles. The molecule has 0 heterocycles. The number of anilines is 1. The van der Waals surface area contributed by atoms with Crippen molar-refractivity contribution < 1.29 is 14.2 Å². The quantitative estimate of drug-likeness (QED) is 0.662. The molecule has 0 saturated heterocycles. The van der Waals surface area contributed by atoms with Crippen LogP contribution in [0.2, 0.25) is 0 Å². The number of rotatable bonds is 10. The van der Waals surface area contributed by atoms with Crippen molar-refractivity contribution in [3.63, 3.8) is 0 Å². The third-order valence-electron chi connectivity index (χ3n) is 2.70. The van der Waals surface area contributed by atoms with E-state index in [1.165, 1.54) is 5.56 Å². The molecule has 1 aromatic rings. The van der Waals surface area contributed by atoms with E-state index in [1.807, 2.05) is 12.1 Å². The summed E-state index contributed by atoms with van der Waals surface area (Å²) in [4.78, 5) is 0. The molecule has 1 rings (SSSR count). The first kappa shape index (κ1) is 15.8. The van der Waals surface area contributed by atoms with E-state index in [4.69, 9.17) is 14.2 Å². The fourth-order valence-electron chi connectivity index (χ4n) is 1.69. The van der Waals surface area contributed by atoms with Crippen LogP contribution in [0.4, 0.5) is 5.69 Å². The summed E-state index contributed by atoms with van der Waals surface area (Å²) in [5, 5.41) is 3.41. The highest BCUT2D eigenvalue weighted by Gasteiger charge is 2.05. The van der Waals surface area contributed by atoms with Crippen LogP contribution >= 0.6 is 0 Å². The Labute approximate surface area is 116 Å². The van der Waals surface area contributed by atoms with Crippen LogP contribution in [-0.2, 0) is 9.47 Å². The van der Waals surface area contributed by atoms with Gasteiger partial charge in [-0.3, -0.25) is 0 Å². The van der Waals surface area contributed by atoms with Crippen LogP contribution in [0.25, 0.3) is 0 Å². The highest BCUT2D eigenvalue weighted by molar-refractivity contribution is 5.61. The van der Waals surface area contributed by atoms with Crippen LogP contribution in [0.1, 0.15) is 18.9 Å². The third-order valence-corrected chi connectivity index (χ3v) is 2.70. The van der Waals surface area contributed by atoms with E-state index in [1.54, 1.807) is 7.11 Å². The Balaban J connectivity index is 2.41. The molecule has 1 N–H and O–H groups in total. The van der Waals surface area contributed by atoms with Crippen molar-refractivity contribution in [1.29, 1.82) is 0 Å². The van der Waals surface area contributed by atoms with Crippen molar-refractivity contribution in [2.45, 2.75) is 20.3 Å². The number of methoxy groups -OCH3 is 1. The van der Waals surface area contributed by atoms with Crippen LogP contribution < -0.4 is 10.1 Å². The fourth-order valence-corrected chi connectivity index (χ4v) is 1.69. The number of benzene rings is 1. The van der Waals surface area contributed by atoms with E-state index in [0.29, 0.717) is 26.4 Å². The summed E-state index contributed by atoms with van der Waals surface area (Å²) in [5.74, 6) is 0.892. The van der Waals surface area contributed by atoms with Crippen molar-refractivity contribution >= 4 is 5.69 Å². The summed E-state index contributed by atoms with van der Waals surface area (Å²) < 4.78 is 16.1. The lowest BCUT2D eigenvalue weighted by Crippen LogP contribution is -2.11. The van der Waals surface area contributed by atoms with E-state index in [0.717, 1.165) is 24.4 Å². The minimum atomic E-state index is 0.550. The minimum absolute atomic E-state index is 0.550. The smallest absolute Gasteiger partial charge is 0.142 e. The SMILES string of the molecule is CCCNc1c(C)cccc1OCCOCCOC. The van der Waals surface area contributed by atoms with Crippen molar-refractivity contribution in [3.05, 3.63) is 23.8 Å². The highest BCUT2D eigenvalue weighted by atomic mass is 16.5. The molecular weight excluding hydrogens is 242 g/mol. The van der Waals surface area contributed by atoms with Gasteiger partial charge in [0.25, 0.3) is 0 Å². The van der Waals surface area contributed by atoms with Crippen LogP contribution in [0.5, 0.6) is 5.75 Å². The Morgan fingerprint density at radius 3 is 2.63 bits per heavy atom. The number of nitrogens with one attached hydrogen (secondary N) is 1. The highest BCUT2D eigenvalue weighted by Crippen LogP contribution is 2.27. The second kappa shape index (κ2) is 9.64. The minimum Gasteiger partial charge on any atom is -0.489 e. The topological polar surface area (TPSA) is 39.7 Å². The molecule has 0 radical (unpaired) electrons. The maximum Gasteiger partial charge on any atom is 0.142 e. The maximum atomic E-state index is 5.77. The Morgan fingerprint density at radius 1 is 1.11 bits per heavy atom. The number of ether oxygens (including phenoxy) is 3. The van der Waals surface area contributed by atoms with E-state index >= 15 is 0 Å². The zero-order valence-corrected chi connectivity index (χ0v) is 12.2. The molecule has 0 bridgehead atoms.